The zero-order valence-corrected chi connectivity index (χ0v) is 19.2. The first-order chi connectivity index (χ1) is 12.3. The Balaban J connectivity index is 0.00000338. The molecule has 2 rings (SSSR count). The van der Waals surface area contributed by atoms with Crippen molar-refractivity contribution in [3.8, 4) is 0 Å². The summed E-state index contributed by atoms with van der Waals surface area (Å²) in [4.78, 5) is 9.82. The molecule has 6 nitrogen and oxygen atoms in total. The third kappa shape index (κ3) is 10.3. The third-order valence-corrected chi connectivity index (χ3v) is 5.04. The van der Waals surface area contributed by atoms with E-state index in [2.05, 4.69) is 34.3 Å². The molecule has 2 aliphatic heterocycles. The summed E-state index contributed by atoms with van der Waals surface area (Å²) < 4.78 is 5.39. The van der Waals surface area contributed by atoms with Crippen molar-refractivity contribution in [1.29, 1.82) is 0 Å². The number of guanidine groups is 1. The molecule has 2 heterocycles. The fourth-order valence-corrected chi connectivity index (χ4v) is 3.65. The van der Waals surface area contributed by atoms with Gasteiger partial charge in [0.2, 0.25) is 0 Å². The monoisotopic (exact) mass is 481 g/mol. The fourth-order valence-electron chi connectivity index (χ4n) is 3.65. The lowest BCUT2D eigenvalue weighted by atomic mass is 10.0. The number of piperidine rings is 1. The molecule has 2 saturated heterocycles. The van der Waals surface area contributed by atoms with Gasteiger partial charge in [-0.2, -0.15) is 0 Å². The summed E-state index contributed by atoms with van der Waals surface area (Å²) in [5, 5.41) is 6.83. The molecule has 26 heavy (non-hydrogen) atoms. The van der Waals surface area contributed by atoms with E-state index < -0.39 is 0 Å². The average molecular weight is 481 g/mol. The van der Waals surface area contributed by atoms with Crippen LogP contribution >= 0.6 is 24.0 Å². The van der Waals surface area contributed by atoms with E-state index in [0.29, 0.717) is 0 Å². The lowest BCUT2D eigenvalue weighted by Crippen LogP contribution is -2.41. The predicted molar refractivity (Wildman–Crippen MR) is 121 cm³/mol. The normalized spacial score (nSPS) is 22.7. The standard InChI is InChI=1S/C19H39N5O.HI/c1-3-20-19(21-8-5-11-23-13-15-25-16-14-23)22-9-6-12-24-10-4-7-18(2)17-24;/h18H,3-17H2,1-2H3,(H2,20,21,22);1H. The zero-order chi connectivity index (χ0) is 17.7. The Morgan fingerprint density at radius 3 is 2.58 bits per heavy atom. The maximum atomic E-state index is 5.39. The summed E-state index contributed by atoms with van der Waals surface area (Å²) in [6.45, 7) is 16.1. The van der Waals surface area contributed by atoms with E-state index in [1.54, 1.807) is 0 Å². The van der Waals surface area contributed by atoms with Crippen molar-refractivity contribution in [3.63, 3.8) is 0 Å². The molecular weight excluding hydrogens is 441 g/mol. The van der Waals surface area contributed by atoms with Gasteiger partial charge in [-0.1, -0.05) is 6.92 Å². The number of morpholine rings is 1. The molecule has 0 bridgehead atoms. The van der Waals surface area contributed by atoms with E-state index in [-0.39, 0.29) is 24.0 Å². The number of halogens is 1. The van der Waals surface area contributed by atoms with Crippen LogP contribution in [0.3, 0.4) is 0 Å². The minimum atomic E-state index is 0. The lowest BCUT2D eigenvalue weighted by Gasteiger charge is -2.30. The second kappa shape index (κ2) is 14.9. The molecule has 7 heteroatoms. The molecule has 2 fully saturated rings. The van der Waals surface area contributed by atoms with Crippen LogP contribution in [0.15, 0.2) is 4.99 Å². The Kier molecular flexibility index (Phi) is 13.7. The van der Waals surface area contributed by atoms with Gasteiger partial charge in [-0.25, -0.2) is 0 Å². The summed E-state index contributed by atoms with van der Waals surface area (Å²) >= 11 is 0. The van der Waals surface area contributed by atoms with Crippen LogP contribution in [0.5, 0.6) is 0 Å². The number of rotatable bonds is 9. The van der Waals surface area contributed by atoms with Crippen LogP contribution in [-0.2, 0) is 4.74 Å². The van der Waals surface area contributed by atoms with Crippen LogP contribution < -0.4 is 10.6 Å². The second-order valence-corrected chi connectivity index (χ2v) is 7.40. The summed E-state index contributed by atoms with van der Waals surface area (Å²) in [6, 6.07) is 0. The number of likely N-dealkylation sites (tertiary alicyclic amines) is 1. The van der Waals surface area contributed by atoms with Crippen LogP contribution in [0.2, 0.25) is 0 Å². The molecule has 0 aliphatic carbocycles. The van der Waals surface area contributed by atoms with Crippen LogP contribution in [0.25, 0.3) is 0 Å². The quantitative estimate of drug-likeness (QED) is 0.229. The Labute approximate surface area is 177 Å². The van der Waals surface area contributed by atoms with Crippen molar-refractivity contribution in [2.75, 3.05) is 72.1 Å². The van der Waals surface area contributed by atoms with Gasteiger partial charge in [-0.05, 0) is 58.2 Å². The van der Waals surface area contributed by atoms with Crippen molar-refractivity contribution in [1.82, 2.24) is 20.4 Å². The summed E-state index contributed by atoms with van der Waals surface area (Å²) in [6.07, 6.45) is 5.05. The SMILES string of the molecule is CCNC(=NCCCN1CCCC(C)C1)NCCCN1CCOCC1.I. The molecule has 1 atom stereocenters. The van der Waals surface area contributed by atoms with Crippen LogP contribution in [-0.4, -0.2) is 87.9 Å². The molecule has 0 spiro atoms. The molecule has 0 radical (unpaired) electrons. The van der Waals surface area contributed by atoms with Gasteiger partial charge in [0.25, 0.3) is 0 Å². The molecule has 2 N–H and O–H groups in total. The average Bonchev–Trinajstić information content (AvgIpc) is 2.63. The number of hydrogen-bond acceptors (Lipinski definition) is 4. The minimum Gasteiger partial charge on any atom is -0.379 e. The van der Waals surface area contributed by atoms with Crippen molar-refractivity contribution < 1.29 is 4.74 Å². The number of aliphatic imine (C=N–C) groups is 1. The Bertz CT molecular complexity index is 377. The highest BCUT2D eigenvalue weighted by molar-refractivity contribution is 14.0. The lowest BCUT2D eigenvalue weighted by molar-refractivity contribution is 0.0376. The maximum Gasteiger partial charge on any atom is 0.191 e. The number of hydrogen-bond donors (Lipinski definition) is 2. The maximum absolute atomic E-state index is 5.39. The van der Waals surface area contributed by atoms with E-state index >= 15 is 0 Å². The van der Waals surface area contributed by atoms with Crippen LogP contribution in [0.1, 0.15) is 39.5 Å². The summed E-state index contributed by atoms with van der Waals surface area (Å²) in [7, 11) is 0. The Hall–Kier alpha value is -0.120. The summed E-state index contributed by atoms with van der Waals surface area (Å²) in [5.74, 6) is 1.83. The molecule has 0 aromatic rings. The minimum absolute atomic E-state index is 0. The molecule has 1 unspecified atom stereocenters. The third-order valence-electron chi connectivity index (χ3n) is 5.04. The molecule has 0 aromatic heterocycles. The topological polar surface area (TPSA) is 52.1 Å². The van der Waals surface area contributed by atoms with E-state index in [1.807, 2.05) is 0 Å². The van der Waals surface area contributed by atoms with Crippen LogP contribution in [0.4, 0.5) is 0 Å². The molecule has 0 aromatic carbocycles. The van der Waals surface area contributed by atoms with E-state index in [4.69, 9.17) is 9.73 Å². The Morgan fingerprint density at radius 2 is 1.85 bits per heavy atom. The van der Waals surface area contributed by atoms with E-state index in [9.17, 15) is 0 Å². The van der Waals surface area contributed by atoms with Gasteiger partial charge in [-0.15, -0.1) is 24.0 Å². The highest BCUT2D eigenvalue weighted by atomic mass is 127. The van der Waals surface area contributed by atoms with Gasteiger partial charge < -0.3 is 20.3 Å². The van der Waals surface area contributed by atoms with Crippen molar-refractivity contribution in [3.05, 3.63) is 0 Å². The van der Waals surface area contributed by atoms with Gasteiger partial charge in [0.1, 0.15) is 0 Å². The van der Waals surface area contributed by atoms with Crippen molar-refractivity contribution in [2.45, 2.75) is 39.5 Å². The molecule has 2 aliphatic rings. The first-order valence-corrected chi connectivity index (χ1v) is 10.3. The van der Waals surface area contributed by atoms with Crippen molar-refractivity contribution >= 4 is 29.9 Å². The number of nitrogens with one attached hydrogen (secondary N) is 2. The van der Waals surface area contributed by atoms with E-state index in [0.717, 1.165) is 77.2 Å². The van der Waals surface area contributed by atoms with Gasteiger partial charge in [0.15, 0.2) is 5.96 Å². The largest absolute Gasteiger partial charge is 0.379 e. The molecular formula is C19H40IN5O. The second-order valence-electron chi connectivity index (χ2n) is 7.40. The number of ether oxygens (including phenoxy) is 1. The van der Waals surface area contributed by atoms with Gasteiger partial charge in [0.05, 0.1) is 13.2 Å². The highest BCUT2D eigenvalue weighted by Gasteiger charge is 2.15. The first-order valence-electron chi connectivity index (χ1n) is 10.3. The fraction of sp³-hybridized carbons (Fsp3) is 0.947. The van der Waals surface area contributed by atoms with Gasteiger partial charge >= 0.3 is 0 Å². The summed E-state index contributed by atoms with van der Waals surface area (Å²) in [5.41, 5.74) is 0. The van der Waals surface area contributed by atoms with E-state index in [1.165, 1.54) is 32.5 Å². The molecule has 0 saturated carbocycles. The van der Waals surface area contributed by atoms with Crippen LogP contribution in [0, 0.1) is 5.92 Å². The smallest absolute Gasteiger partial charge is 0.191 e. The Morgan fingerprint density at radius 1 is 1.08 bits per heavy atom. The first kappa shape index (κ1) is 23.9. The predicted octanol–water partition coefficient (Wildman–Crippen LogP) is 2.00. The van der Waals surface area contributed by atoms with Gasteiger partial charge in [-0.3, -0.25) is 9.89 Å². The van der Waals surface area contributed by atoms with Crippen molar-refractivity contribution in [2.24, 2.45) is 10.9 Å². The van der Waals surface area contributed by atoms with Gasteiger partial charge in [0, 0.05) is 39.3 Å². The zero-order valence-electron chi connectivity index (χ0n) is 16.8. The highest BCUT2D eigenvalue weighted by Crippen LogP contribution is 2.15. The molecule has 154 valence electrons. The number of nitrogens with zero attached hydrogens (tertiary/aromatic N) is 3. The molecule has 0 amide bonds.